The Balaban J connectivity index is 0.000000447. The van der Waals surface area contributed by atoms with Crippen LogP contribution in [0.5, 0.6) is 0 Å². The zero-order valence-electron chi connectivity index (χ0n) is 16.4. The van der Waals surface area contributed by atoms with Crippen LogP contribution in [-0.4, -0.2) is 0 Å². The molecule has 2 aliphatic rings. The Hall–Kier alpha value is -1.20. The van der Waals surface area contributed by atoms with Gasteiger partial charge >= 0.3 is 145 Å². The predicted molar refractivity (Wildman–Crippen MR) is 111 cm³/mol. The molecule has 2 aromatic rings. The van der Waals surface area contributed by atoms with Crippen LogP contribution >= 0.6 is 0 Å². The quantitative estimate of drug-likeness (QED) is 0.425. The average molecular weight is 422 g/mol. The molecule has 0 saturated carbocycles. The molecule has 134 valence electrons. The summed E-state index contributed by atoms with van der Waals surface area (Å²) < 4.78 is 3.50. The van der Waals surface area contributed by atoms with Crippen LogP contribution in [0.2, 0.25) is 0 Å². The fourth-order valence-electron chi connectivity index (χ4n) is 3.62. The zero-order valence-corrected chi connectivity index (χ0v) is 18.9. The van der Waals surface area contributed by atoms with Crippen LogP contribution < -0.4 is 3.27 Å². The van der Waals surface area contributed by atoms with Crippen molar-refractivity contribution in [2.75, 3.05) is 0 Å². The molecule has 0 bridgehead atoms. The molecule has 1 heteroatoms. The number of unbranched alkanes of at least 4 members (excludes halogenated alkanes) is 1. The van der Waals surface area contributed by atoms with Crippen molar-refractivity contribution in [3.63, 3.8) is 0 Å². The molecule has 2 aromatic carbocycles. The second-order valence-electron chi connectivity index (χ2n) is 7.15. The Morgan fingerprint density at radius 1 is 0.846 bits per heavy atom. The van der Waals surface area contributed by atoms with E-state index in [0.717, 1.165) is 6.42 Å². The number of allylic oxidation sites excluding steroid dienone is 4. The van der Waals surface area contributed by atoms with Gasteiger partial charge in [0.1, 0.15) is 0 Å². The molecule has 0 heterocycles. The fraction of sp³-hybridized carbons (Fsp3) is 0.360. The van der Waals surface area contributed by atoms with Crippen molar-refractivity contribution < 1.29 is 23.2 Å². The topological polar surface area (TPSA) is 0 Å². The first-order chi connectivity index (χ1) is 12.8. The zero-order chi connectivity index (χ0) is 18.4. The van der Waals surface area contributed by atoms with E-state index in [0.29, 0.717) is 0 Å². The Kier molecular flexibility index (Phi) is 7.26. The third-order valence-electron chi connectivity index (χ3n) is 5.18. The molecule has 0 radical (unpaired) electrons. The van der Waals surface area contributed by atoms with Crippen LogP contribution in [-0.2, 0) is 29.7 Å². The number of hydrogen-bond acceptors (Lipinski definition) is 0. The van der Waals surface area contributed by atoms with Crippen LogP contribution in [0.15, 0.2) is 63.5 Å². The standard InChI is InChI=1S/C13H9.C8H11.C4H10.Zr/c1-3-7-12-10(5-1)9-11-6-2-4-8-13(11)12;1-2-5-8-6-3-4-7-8;1-3-4-2;/h1-5,7-8H,9H2;3,6H,2,4-5H2,1H3;3-4H2,1-2H3;. The molecule has 0 nitrogen and oxygen atoms in total. The number of hydrogen-bond donors (Lipinski definition) is 0. The van der Waals surface area contributed by atoms with Crippen LogP contribution in [0.1, 0.15) is 64.0 Å². The molecule has 26 heavy (non-hydrogen) atoms. The molecule has 0 atom stereocenters. The van der Waals surface area contributed by atoms with Crippen LogP contribution in [0.4, 0.5) is 0 Å². The predicted octanol–water partition coefficient (Wildman–Crippen LogP) is 6.79. The van der Waals surface area contributed by atoms with Gasteiger partial charge in [-0.25, -0.2) is 0 Å². The van der Waals surface area contributed by atoms with Gasteiger partial charge < -0.3 is 0 Å². The summed E-state index contributed by atoms with van der Waals surface area (Å²) in [6.45, 7) is 6.65. The van der Waals surface area contributed by atoms with Gasteiger partial charge in [0.05, 0.1) is 0 Å². The van der Waals surface area contributed by atoms with Crippen molar-refractivity contribution in [1.29, 1.82) is 0 Å². The average Bonchev–Trinajstić information content (AvgIpc) is 3.27. The van der Waals surface area contributed by atoms with Gasteiger partial charge in [0.25, 0.3) is 0 Å². The molecule has 4 rings (SSSR count). The van der Waals surface area contributed by atoms with E-state index in [2.05, 4.69) is 75.4 Å². The first-order valence-electron chi connectivity index (χ1n) is 10.1. The van der Waals surface area contributed by atoms with Gasteiger partial charge in [-0.05, 0) is 0 Å². The second kappa shape index (κ2) is 9.66. The van der Waals surface area contributed by atoms with E-state index >= 15 is 0 Å². The summed E-state index contributed by atoms with van der Waals surface area (Å²) in [6, 6.07) is 15.9. The van der Waals surface area contributed by atoms with E-state index < -0.39 is 23.2 Å². The second-order valence-corrected chi connectivity index (χ2v) is 10.6. The van der Waals surface area contributed by atoms with Gasteiger partial charge in [0, 0.05) is 0 Å². The molecule has 0 fully saturated rings. The van der Waals surface area contributed by atoms with Crippen LogP contribution in [0, 0.1) is 0 Å². The maximum atomic E-state index is 2.41. The number of fused-ring (bicyclic) bond motifs is 3. The van der Waals surface area contributed by atoms with Crippen LogP contribution in [0.25, 0.3) is 11.1 Å². The molecule has 0 amide bonds. The molecule has 0 unspecified atom stereocenters. The Labute approximate surface area is 171 Å². The van der Waals surface area contributed by atoms with E-state index in [1.807, 2.05) is 0 Å². The molecular formula is C25H30Zr. The summed E-state index contributed by atoms with van der Waals surface area (Å²) in [5.74, 6) is 0. The van der Waals surface area contributed by atoms with E-state index in [1.165, 1.54) is 48.8 Å². The normalized spacial score (nSPS) is 14.0. The van der Waals surface area contributed by atoms with Crippen molar-refractivity contribution in [2.45, 2.75) is 59.3 Å². The molecule has 0 aliphatic heterocycles. The third kappa shape index (κ3) is 4.37. The molecule has 0 saturated heterocycles. The minimum atomic E-state index is -0.646. The summed E-state index contributed by atoms with van der Waals surface area (Å²) in [5, 5.41) is 0. The fourth-order valence-corrected chi connectivity index (χ4v) is 7.23. The Bertz CT molecular complexity index is 809. The van der Waals surface area contributed by atoms with E-state index in [9.17, 15) is 0 Å². The summed E-state index contributed by atoms with van der Waals surface area (Å²) in [4.78, 5) is 0. The molecular weight excluding hydrogens is 391 g/mol. The van der Waals surface area contributed by atoms with E-state index in [4.69, 9.17) is 0 Å². The molecule has 2 aliphatic carbocycles. The van der Waals surface area contributed by atoms with Gasteiger partial charge in [0.2, 0.25) is 0 Å². The van der Waals surface area contributed by atoms with E-state index in [1.54, 1.807) is 17.7 Å². The van der Waals surface area contributed by atoms with E-state index in [-0.39, 0.29) is 0 Å². The number of benzene rings is 2. The Morgan fingerprint density at radius 2 is 1.62 bits per heavy atom. The monoisotopic (exact) mass is 420 g/mol. The Morgan fingerprint density at radius 3 is 2.38 bits per heavy atom. The summed E-state index contributed by atoms with van der Waals surface area (Å²) >= 11 is -0.646. The molecule has 0 spiro atoms. The third-order valence-corrected chi connectivity index (χ3v) is 9.03. The van der Waals surface area contributed by atoms with Crippen LogP contribution in [0.3, 0.4) is 0 Å². The van der Waals surface area contributed by atoms with Gasteiger partial charge in [-0.3, -0.25) is 0 Å². The summed E-state index contributed by atoms with van der Waals surface area (Å²) in [5.41, 5.74) is 7.76. The molecule has 0 N–H and O–H groups in total. The summed E-state index contributed by atoms with van der Waals surface area (Å²) in [6.07, 6.45) is 12.3. The van der Waals surface area contributed by atoms with Gasteiger partial charge in [-0.1, -0.05) is 26.7 Å². The van der Waals surface area contributed by atoms with Gasteiger partial charge in [-0.2, -0.15) is 0 Å². The van der Waals surface area contributed by atoms with Crippen molar-refractivity contribution in [3.8, 4) is 11.1 Å². The SMILES string of the molecule is CCCC.CCCC1=[C]([Zr][c]2cccc3c2Cc2ccccc2-3)CC=C1. The first kappa shape index (κ1) is 19.6. The summed E-state index contributed by atoms with van der Waals surface area (Å²) in [7, 11) is 0. The first-order valence-corrected chi connectivity index (χ1v) is 12.6. The van der Waals surface area contributed by atoms with Crippen molar-refractivity contribution >= 4 is 3.27 Å². The maximum absolute atomic E-state index is 2.41. The van der Waals surface area contributed by atoms with Crippen molar-refractivity contribution in [1.82, 2.24) is 0 Å². The van der Waals surface area contributed by atoms with Crippen molar-refractivity contribution in [2.24, 2.45) is 0 Å². The number of rotatable bonds is 5. The van der Waals surface area contributed by atoms with Crippen molar-refractivity contribution in [3.05, 3.63) is 74.6 Å². The molecule has 0 aromatic heterocycles. The minimum absolute atomic E-state index is 0.646. The van der Waals surface area contributed by atoms with Gasteiger partial charge in [-0.15, -0.1) is 0 Å². The van der Waals surface area contributed by atoms with Gasteiger partial charge in [0.15, 0.2) is 0 Å².